The van der Waals surface area contributed by atoms with E-state index < -0.39 is 6.09 Å². The molecule has 4 nitrogen and oxygen atoms in total. The predicted molar refractivity (Wildman–Crippen MR) is 64.7 cm³/mol. The number of amides is 1. The van der Waals surface area contributed by atoms with E-state index in [4.69, 9.17) is 0 Å². The Bertz CT molecular complexity index is 244. The lowest BCUT2D eigenvalue weighted by Crippen LogP contribution is -2.50. The van der Waals surface area contributed by atoms with Crippen molar-refractivity contribution in [2.75, 3.05) is 6.54 Å². The van der Waals surface area contributed by atoms with Gasteiger partial charge in [-0.3, -0.25) is 0 Å². The third kappa shape index (κ3) is 4.00. The zero-order valence-electron chi connectivity index (χ0n) is 10.8. The van der Waals surface area contributed by atoms with Crippen LogP contribution in [0.4, 0.5) is 4.79 Å². The molecule has 0 radical (unpaired) electrons. The fourth-order valence-electron chi connectivity index (χ4n) is 2.05. The van der Waals surface area contributed by atoms with E-state index in [9.17, 15) is 9.90 Å². The van der Waals surface area contributed by atoms with Crippen LogP contribution in [0.15, 0.2) is 0 Å². The summed E-state index contributed by atoms with van der Waals surface area (Å²) in [6, 6.07) is 0.754. The quantitative estimate of drug-likeness (QED) is 0.759. The molecular weight excluding hydrogens is 204 g/mol. The Morgan fingerprint density at radius 1 is 1.50 bits per heavy atom. The van der Waals surface area contributed by atoms with Crippen LogP contribution in [-0.4, -0.2) is 40.3 Å². The van der Waals surface area contributed by atoms with E-state index >= 15 is 0 Å². The summed E-state index contributed by atoms with van der Waals surface area (Å²) in [5, 5.41) is 12.6. The Kier molecular flexibility index (Phi) is 4.19. The Hall–Kier alpha value is -0.770. The average Bonchev–Trinajstić information content (AvgIpc) is 2.83. The second kappa shape index (κ2) is 5.04. The smallest absolute Gasteiger partial charge is 0.407 e. The zero-order chi connectivity index (χ0) is 12.3. The van der Waals surface area contributed by atoms with E-state index in [2.05, 4.69) is 5.32 Å². The molecule has 1 aliphatic carbocycles. The van der Waals surface area contributed by atoms with Gasteiger partial charge in [0.15, 0.2) is 0 Å². The summed E-state index contributed by atoms with van der Waals surface area (Å²) in [5.41, 5.74) is -0.329. The standard InChI is InChI=1S/C12H24N2O2/c1-9(7-8-13-10-5-6-10)14(11(15)16)12(2,3)4/h9-10,13H,5-8H2,1-4H3,(H,15,16). The van der Waals surface area contributed by atoms with Crippen molar-refractivity contribution in [2.45, 2.75) is 64.6 Å². The van der Waals surface area contributed by atoms with Gasteiger partial charge in [0.1, 0.15) is 0 Å². The molecule has 1 saturated carbocycles. The second-order valence-corrected chi connectivity index (χ2v) is 5.69. The Morgan fingerprint density at radius 2 is 2.06 bits per heavy atom. The van der Waals surface area contributed by atoms with E-state index in [0.29, 0.717) is 6.04 Å². The van der Waals surface area contributed by atoms with E-state index in [1.54, 1.807) is 4.90 Å². The van der Waals surface area contributed by atoms with Gasteiger partial charge in [0.2, 0.25) is 0 Å². The number of nitrogens with one attached hydrogen (secondary N) is 1. The molecule has 0 aromatic heterocycles. The molecule has 16 heavy (non-hydrogen) atoms. The highest BCUT2D eigenvalue weighted by Gasteiger charge is 2.30. The van der Waals surface area contributed by atoms with Gasteiger partial charge in [0, 0.05) is 17.6 Å². The van der Waals surface area contributed by atoms with Gasteiger partial charge in [0.05, 0.1) is 0 Å². The second-order valence-electron chi connectivity index (χ2n) is 5.69. The van der Waals surface area contributed by atoms with Crippen LogP contribution in [-0.2, 0) is 0 Å². The molecule has 0 bridgehead atoms. The number of carboxylic acid groups (broad SMARTS) is 1. The molecule has 0 aromatic rings. The lowest BCUT2D eigenvalue weighted by Gasteiger charge is -2.38. The summed E-state index contributed by atoms with van der Waals surface area (Å²) < 4.78 is 0. The van der Waals surface area contributed by atoms with Gasteiger partial charge in [-0.15, -0.1) is 0 Å². The molecular formula is C12H24N2O2. The van der Waals surface area contributed by atoms with Crippen molar-refractivity contribution in [2.24, 2.45) is 0 Å². The molecule has 4 heteroatoms. The Labute approximate surface area is 98.0 Å². The first kappa shape index (κ1) is 13.3. The molecule has 1 aliphatic rings. The number of nitrogens with zero attached hydrogens (tertiary/aromatic N) is 1. The van der Waals surface area contributed by atoms with Crippen molar-refractivity contribution in [3.05, 3.63) is 0 Å². The van der Waals surface area contributed by atoms with Gasteiger partial charge in [0.25, 0.3) is 0 Å². The van der Waals surface area contributed by atoms with Gasteiger partial charge >= 0.3 is 6.09 Å². The topological polar surface area (TPSA) is 52.6 Å². The van der Waals surface area contributed by atoms with Gasteiger partial charge in [-0.25, -0.2) is 4.79 Å². The van der Waals surface area contributed by atoms with Crippen LogP contribution in [0.3, 0.4) is 0 Å². The van der Waals surface area contributed by atoms with Crippen molar-refractivity contribution in [1.82, 2.24) is 10.2 Å². The maximum atomic E-state index is 11.2. The van der Waals surface area contributed by atoms with E-state index in [1.165, 1.54) is 12.8 Å². The Balaban J connectivity index is 2.39. The highest BCUT2D eigenvalue weighted by Crippen LogP contribution is 2.21. The van der Waals surface area contributed by atoms with E-state index in [1.807, 2.05) is 27.7 Å². The molecule has 1 atom stereocenters. The lowest BCUT2D eigenvalue weighted by molar-refractivity contribution is 0.0729. The van der Waals surface area contributed by atoms with Crippen LogP contribution in [0.1, 0.15) is 47.0 Å². The largest absolute Gasteiger partial charge is 0.465 e. The summed E-state index contributed by atoms with van der Waals surface area (Å²) in [4.78, 5) is 12.7. The number of hydrogen-bond acceptors (Lipinski definition) is 2. The normalized spacial score (nSPS) is 18.2. The zero-order valence-corrected chi connectivity index (χ0v) is 10.8. The van der Waals surface area contributed by atoms with Crippen LogP contribution in [0.2, 0.25) is 0 Å². The maximum Gasteiger partial charge on any atom is 0.407 e. The molecule has 0 aliphatic heterocycles. The van der Waals surface area contributed by atoms with Crippen LogP contribution >= 0.6 is 0 Å². The van der Waals surface area contributed by atoms with Crippen LogP contribution in [0, 0.1) is 0 Å². The van der Waals surface area contributed by atoms with Gasteiger partial charge in [-0.2, -0.15) is 0 Å². The first-order valence-electron chi connectivity index (χ1n) is 6.08. The van der Waals surface area contributed by atoms with E-state index in [0.717, 1.165) is 13.0 Å². The van der Waals surface area contributed by atoms with Crippen LogP contribution < -0.4 is 5.32 Å². The van der Waals surface area contributed by atoms with Crippen LogP contribution in [0.25, 0.3) is 0 Å². The number of carbonyl (C=O) groups is 1. The molecule has 2 N–H and O–H groups in total. The highest BCUT2D eigenvalue weighted by molar-refractivity contribution is 5.66. The molecule has 1 unspecified atom stereocenters. The van der Waals surface area contributed by atoms with E-state index in [-0.39, 0.29) is 11.6 Å². The molecule has 94 valence electrons. The van der Waals surface area contributed by atoms with Crippen molar-refractivity contribution in [1.29, 1.82) is 0 Å². The molecule has 1 fully saturated rings. The number of rotatable bonds is 5. The molecule has 0 spiro atoms. The van der Waals surface area contributed by atoms with Gasteiger partial charge in [-0.1, -0.05) is 0 Å². The maximum absolute atomic E-state index is 11.2. The summed E-state index contributed by atoms with van der Waals surface area (Å²) in [7, 11) is 0. The minimum Gasteiger partial charge on any atom is -0.465 e. The third-order valence-electron chi connectivity index (χ3n) is 2.94. The van der Waals surface area contributed by atoms with Gasteiger partial charge < -0.3 is 15.3 Å². The Morgan fingerprint density at radius 3 is 2.44 bits per heavy atom. The van der Waals surface area contributed by atoms with Crippen molar-refractivity contribution in [3.63, 3.8) is 0 Å². The summed E-state index contributed by atoms with van der Waals surface area (Å²) >= 11 is 0. The first-order chi connectivity index (χ1) is 7.32. The average molecular weight is 228 g/mol. The van der Waals surface area contributed by atoms with Gasteiger partial charge in [-0.05, 0) is 53.5 Å². The van der Waals surface area contributed by atoms with Crippen LogP contribution in [0.5, 0.6) is 0 Å². The third-order valence-corrected chi connectivity index (χ3v) is 2.94. The number of hydrogen-bond donors (Lipinski definition) is 2. The SMILES string of the molecule is CC(CCNC1CC1)N(C(=O)O)C(C)(C)C. The monoisotopic (exact) mass is 228 g/mol. The molecule has 0 heterocycles. The lowest BCUT2D eigenvalue weighted by atomic mass is 10.0. The van der Waals surface area contributed by atoms with Crippen molar-refractivity contribution >= 4 is 6.09 Å². The fraction of sp³-hybridized carbons (Fsp3) is 0.917. The predicted octanol–water partition coefficient (Wildman–Crippen LogP) is 2.30. The minimum atomic E-state index is -0.827. The van der Waals surface area contributed by atoms with Crippen molar-refractivity contribution < 1.29 is 9.90 Å². The molecule has 1 amide bonds. The summed E-state index contributed by atoms with van der Waals surface area (Å²) in [5.74, 6) is 0. The first-order valence-corrected chi connectivity index (χ1v) is 6.08. The highest BCUT2D eigenvalue weighted by atomic mass is 16.4. The molecule has 0 saturated heterocycles. The molecule has 0 aromatic carbocycles. The summed E-state index contributed by atoms with van der Waals surface area (Å²) in [6.45, 7) is 8.70. The fourth-order valence-corrected chi connectivity index (χ4v) is 2.05. The molecule has 1 rings (SSSR count). The minimum absolute atomic E-state index is 0.0590. The van der Waals surface area contributed by atoms with Crippen molar-refractivity contribution in [3.8, 4) is 0 Å². The summed E-state index contributed by atoms with van der Waals surface area (Å²) in [6.07, 6.45) is 2.60.